The number of benzene rings is 3. The molecule has 0 radical (unpaired) electrons. The van der Waals surface area contributed by atoms with Gasteiger partial charge in [-0.2, -0.15) is 0 Å². The Bertz CT molecular complexity index is 1400. The van der Waals surface area contributed by atoms with Crippen LogP contribution in [0.1, 0.15) is 44.6 Å². The largest absolute Gasteiger partial charge is 0.352 e. The Morgan fingerprint density at radius 1 is 0.900 bits per heavy atom. The van der Waals surface area contributed by atoms with Crippen molar-refractivity contribution in [2.45, 2.75) is 62.6 Å². The Kier molecular flexibility index (Phi) is 10.1. The van der Waals surface area contributed by atoms with E-state index in [0.29, 0.717) is 0 Å². The summed E-state index contributed by atoms with van der Waals surface area (Å²) in [5.41, 5.74) is 0.963. The summed E-state index contributed by atoms with van der Waals surface area (Å²) in [7, 11) is -4.19. The van der Waals surface area contributed by atoms with Crippen LogP contribution in [0.15, 0.2) is 83.8 Å². The summed E-state index contributed by atoms with van der Waals surface area (Å²) in [5.74, 6) is -0.801. The molecule has 10 heteroatoms. The van der Waals surface area contributed by atoms with Crippen molar-refractivity contribution in [1.82, 2.24) is 10.2 Å². The zero-order valence-electron chi connectivity index (χ0n) is 22.3. The van der Waals surface area contributed by atoms with E-state index in [0.717, 1.165) is 42.0 Å². The predicted molar refractivity (Wildman–Crippen MR) is 159 cm³/mol. The number of nitrogens with one attached hydrogen (secondary N) is 1. The standard InChI is InChI=1S/C30H33Cl2N3O4S/c1-22(30(37)33-26-13-7-3-8-14-26)34(20-23-11-5-2-6-12-23)29(36)21-35(27-18-24(31)17-25(32)19-27)40(38,39)28-15-9-4-10-16-28/h2,4-6,9-12,15-19,22,26H,3,7-8,13-14,20-21H2,1H3,(H,33,37). The maximum Gasteiger partial charge on any atom is 0.264 e. The first-order valence-electron chi connectivity index (χ1n) is 13.3. The average Bonchev–Trinajstić information content (AvgIpc) is 2.95. The lowest BCUT2D eigenvalue weighted by Crippen LogP contribution is -2.53. The lowest BCUT2D eigenvalue weighted by atomic mass is 9.95. The van der Waals surface area contributed by atoms with Gasteiger partial charge in [0.25, 0.3) is 10.0 Å². The first-order valence-corrected chi connectivity index (χ1v) is 15.5. The minimum absolute atomic E-state index is 0.0107. The van der Waals surface area contributed by atoms with E-state index in [1.165, 1.54) is 35.2 Å². The van der Waals surface area contributed by atoms with Gasteiger partial charge in [-0.15, -0.1) is 0 Å². The first-order chi connectivity index (χ1) is 19.1. The highest BCUT2D eigenvalue weighted by atomic mass is 35.5. The van der Waals surface area contributed by atoms with E-state index in [2.05, 4.69) is 5.32 Å². The van der Waals surface area contributed by atoms with Gasteiger partial charge in [-0.1, -0.05) is 91.0 Å². The van der Waals surface area contributed by atoms with Gasteiger partial charge in [0.05, 0.1) is 10.6 Å². The fourth-order valence-electron chi connectivity index (χ4n) is 4.86. The van der Waals surface area contributed by atoms with Crippen LogP contribution in [0.25, 0.3) is 0 Å². The van der Waals surface area contributed by atoms with Crippen molar-refractivity contribution in [2.24, 2.45) is 0 Å². The van der Waals surface area contributed by atoms with Crippen LogP contribution in [0.2, 0.25) is 10.0 Å². The molecule has 0 saturated heterocycles. The summed E-state index contributed by atoms with van der Waals surface area (Å²) < 4.78 is 28.6. The quantitative estimate of drug-likeness (QED) is 0.306. The van der Waals surface area contributed by atoms with Crippen molar-refractivity contribution in [3.05, 3.63) is 94.5 Å². The molecule has 4 rings (SSSR count). The molecule has 212 valence electrons. The Balaban J connectivity index is 1.68. The summed E-state index contributed by atoms with van der Waals surface area (Å²) in [6.07, 6.45) is 5.08. The van der Waals surface area contributed by atoms with Gasteiger partial charge in [0.15, 0.2) is 0 Å². The normalized spacial score (nSPS) is 14.8. The Labute approximate surface area is 246 Å². The number of anilines is 1. The van der Waals surface area contributed by atoms with E-state index in [9.17, 15) is 18.0 Å². The molecule has 3 aromatic rings. The number of nitrogens with zero attached hydrogens (tertiary/aromatic N) is 2. The summed E-state index contributed by atoms with van der Waals surface area (Å²) in [6, 6.07) is 20.8. The molecule has 0 aromatic heterocycles. The van der Waals surface area contributed by atoms with E-state index >= 15 is 0 Å². The maximum atomic E-state index is 14.0. The van der Waals surface area contributed by atoms with Gasteiger partial charge in [0.2, 0.25) is 11.8 Å². The molecule has 1 atom stereocenters. The third-order valence-corrected chi connectivity index (χ3v) is 9.28. The first kappa shape index (κ1) is 29.9. The average molecular weight is 603 g/mol. The van der Waals surface area contributed by atoms with Crippen molar-refractivity contribution < 1.29 is 18.0 Å². The van der Waals surface area contributed by atoms with Gasteiger partial charge in [0, 0.05) is 22.6 Å². The molecule has 7 nitrogen and oxygen atoms in total. The van der Waals surface area contributed by atoms with Gasteiger partial charge in [0.1, 0.15) is 12.6 Å². The number of halogens is 2. The molecule has 1 aliphatic rings. The lowest BCUT2D eigenvalue weighted by molar-refractivity contribution is -0.139. The number of hydrogen-bond donors (Lipinski definition) is 1. The van der Waals surface area contributed by atoms with Gasteiger partial charge in [-0.3, -0.25) is 13.9 Å². The fourth-order valence-corrected chi connectivity index (χ4v) is 6.80. The lowest BCUT2D eigenvalue weighted by Gasteiger charge is -2.33. The van der Waals surface area contributed by atoms with Crippen molar-refractivity contribution in [3.8, 4) is 0 Å². The molecule has 0 heterocycles. The maximum absolute atomic E-state index is 14.0. The van der Waals surface area contributed by atoms with Gasteiger partial charge in [-0.05, 0) is 55.7 Å². The molecular weight excluding hydrogens is 569 g/mol. The second-order valence-corrected chi connectivity index (χ2v) is 12.7. The Hall–Kier alpha value is -3.07. The Morgan fingerprint density at radius 2 is 1.48 bits per heavy atom. The zero-order valence-corrected chi connectivity index (χ0v) is 24.6. The van der Waals surface area contributed by atoms with Crippen molar-refractivity contribution in [2.75, 3.05) is 10.8 Å². The number of hydrogen-bond acceptors (Lipinski definition) is 4. The highest BCUT2D eigenvalue weighted by molar-refractivity contribution is 7.92. The Morgan fingerprint density at radius 3 is 2.08 bits per heavy atom. The molecule has 40 heavy (non-hydrogen) atoms. The molecule has 2 amide bonds. The molecule has 3 aromatic carbocycles. The third-order valence-electron chi connectivity index (χ3n) is 7.06. The number of rotatable bonds is 10. The molecule has 1 unspecified atom stereocenters. The van der Waals surface area contributed by atoms with Crippen molar-refractivity contribution in [3.63, 3.8) is 0 Å². The molecule has 1 fully saturated rings. The van der Waals surface area contributed by atoms with Crippen LogP contribution in [-0.4, -0.2) is 43.8 Å². The fraction of sp³-hybridized carbons (Fsp3) is 0.333. The molecule has 0 spiro atoms. The minimum Gasteiger partial charge on any atom is -0.352 e. The van der Waals surface area contributed by atoms with E-state index in [4.69, 9.17) is 23.2 Å². The minimum atomic E-state index is -4.19. The molecule has 1 N–H and O–H groups in total. The van der Waals surface area contributed by atoms with E-state index in [-0.39, 0.29) is 39.1 Å². The van der Waals surface area contributed by atoms with Gasteiger partial charge < -0.3 is 10.2 Å². The van der Waals surface area contributed by atoms with Crippen LogP contribution in [-0.2, 0) is 26.2 Å². The van der Waals surface area contributed by atoms with Crippen LogP contribution in [0.5, 0.6) is 0 Å². The summed E-state index contributed by atoms with van der Waals surface area (Å²) in [5, 5.41) is 3.55. The van der Waals surface area contributed by atoms with Crippen LogP contribution in [0.3, 0.4) is 0 Å². The van der Waals surface area contributed by atoms with E-state index < -0.39 is 28.5 Å². The smallest absolute Gasteiger partial charge is 0.264 e. The number of carbonyl (C=O) groups is 2. The third kappa shape index (κ3) is 7.56. The molecule has 0 aliphatic heterocycles. The molecule has 1 aliphatic carbocycles. The van der Waals surface area contributed by atoms with Crippen LogP contribution < -0.4 is 9.62 Å². The topological polar surface area (TPSA) is 86.8 Å². The number of amides is 2. The van der Waals surface area contributed by atoms with Crippen LogP contribution in [0, 0.1) is 0 Å². The summed E-state index contributed by atoms with van der Waals surface area (Å²) >= 11 is 12.5. The molecule has 1 saturated carbocycles. The van der Waals surface area contributed by atoms with Crippen LogP contribution in [0.4, 0.5) is 5.69 Å². The number of sulfonamides is 1. The van der Waals surface area contributed by atoms with Crippen molar-refractivity contribution in [1.29, 1.82) is 0 Å². The van der Waals surface area contributed by atoms with E-state index in [1.807, 2.05) is 30.3 Å². The van der Waals surface area contributed by atoms with Gasteiger partial charge >= 0.3 is 0 Å². The van der Waals surface area contributed by atoms with E-state index in [1.54, 1.807) is 25.1 Å². The monoisotopic (exact) mass is 601 g/mol. The molecule has 0 bridgehead atoms. The summed E-state index contributed by atoms with van der Waals surface area (Å²) in [4.78, 5) is 28.8. The van der Waals surface area contributed by atoms with Gasteiger partial charge in [-0.25, -0.2) is 8.42 Å². The highest BCUT2D eigenvalue weighted by Crippen LogP contribution is 2.30. The SMILES string of the molecule is CC(C(=O)NC1CCCCC1)N(Cc1ccccc1)C(=O)CN(c1cc(Cl)cc(Cl)c1)S(=O)(=O)c1ccccc1. The summed E-state index contributed by atoms with van der Waals surface area (Å²) in [6.45, 7) is 1.25. The van der Waals surface area contributed by atoms with Crippen LogP contribution >= 0.6 is 23.2 Å². The van der Waals surface area contributed by atoms with Crippen molar-refractivity contribution >= 4 is 50.7 Å². The highest BCUT2D eigenvalue weighted by Gasteiger charge is 2.33. The molecular formula is C30H33Cl2N3O4S. The second-order valence-electron chi connectivity index (χ2n) is 9.98. The second kappa shape index (κ2) is 13.5. The predicted octanol–water partition coefficient (Wildman–Crippen LogP) is 6.05. The number of carbonyl (C=O) groups excluding carboxylic acids is 2. The zero-order chi connectivity index (χ0) is 28.7.